The number of carbonyl (C=O) groups is 1. The van der Waals surface area contributed by atoms with Crippen LogP contribution in [0.1, 0.15) is 15.9 Å². The second-order valence-corrected chi connectivity index (χ2v) is 6.52. The molecular formula is C18H15F2N3OS. The van der Waals surface area contributed by atoms with E-state index in [0.717, 1.165) is 23.3 Å². The van der Waals surface area contributed by atoms with E-state index in [1.54, 1.807) is 4.57 Å². The highest BCUT2D eigenvalue weighted by atomic mass is 32.2. The SMILES string of the molecule is Cc1cccc(-c2nnc(SCC(=O)c3ccc(F)c(F)c3)n2C)c1. The maximum Gasteiger partial charge on any atom is 0.191 e. The van der Waals surface area contributed by atoms with Gasteiger partial charge in [-0.1, -0.05) is 35.5 Å². The van der Waals surface area contributed by atoms with Crippen molar-refractivity contribution in [3.8, 4) is 11.4 Å². The van der Waals surface area contributed by atoms with Crippen LogP contribution in [0.3, 0.4) is 0 Å². The number of Topliss-reactive ketones (excluding diaryl/α,β-unsaturated/α-hetero) is 1. The van der Waals surface area contributed by atoms with Crippen molar-refractivity contribution in [1.82, 2.24) is 14.8 Å². The summed E-state index contributed by atoms with van der Waals surface area (Å²) in [5, 5.41) is 8.86. The number of hydrogen-bond acceptors (Lipinski definition) is 4. The predicted molar refractivity (Wildman–Crippen MR) is 92.6 cm³/mol. The van der Waals surface area contributed by atoms with Crippen LogP contribution in [0.25, 0.3) is 11.4 Å². The Labute approximate surface area is 147 Å². The van der Waals surface area contributed by atoms with Gasteiger partial charge >= 0.3 is 0 Å². The van der Waals surface area contributed by atoms with Gasteiger partial charge in [-0.05, 0) is 31.2 Å². The molecular weight excluding hydrogens is 344 g/mol. The fourth-order valence-corrected chi connectivity index (χ4v) is 3.16. The lowest BCUT2D eigenvalue weighted by atomic mass is 10.1. The van der Waals surface area contributed by atoms with E-state index in [9.17, 15) is 13.6 Å². The van der Waals surface area contributed by atoms with E-state index in [2.05, 4.69) is 10.2 Å². The van der Waals surface area contributed by atoms with Crippen LogP contribution in [0.4, 0.5) is 8.78 Å². The Hall–Kier alpha value is -2.54. The molecule has 0 aliphatic carbocycles. The van der Waals surface area contributed by atoms with Gasteiger partial charge in [-0.3, -0.25) is 4.79 Å². The highest BCUT2D eigenvalue weighted by Crippen LogP contribution is 2.24. The summed E-state index contributed by atoms with van der Waals surface area (Å²) < 4.78 is 28.0. The Morgan fingerprint density at radius 3 is 2.64 bits per heavy atom. The monoisotopic (exact) mass is 359 g/mol. The number of ketones is 1. The second-order valence-electron chi connectivity index (χ2n) is 5.58. The van der Waals surface area contributed by atoms with E-state index in [1.807, 2.05) is 38.2 Å². The molecule has 25 heavy (non-hydrogen) atoms. The zero-order chi connectivity index (χ0) is 18.0. The lowest BCUT2D eigenvalue weighted by Gasteiger charge is -2.05. The van der Waals surface area contributed by atoms with Gasteiger partial charge < -0.3 is 4.57 Å². The summed E-state index contributed by atoms with van der Waals surface area (Å²) >= 11 is 1.20. The molecule has 2 aromatic carbocycles. The van der Waals surface area contributed by atoms with Gasteiger partial charge in [-0.15, -0.1) is 10.2 Å². The van der Waals surface area contributed by atoms with Gasteiger partial charge in [0, 0.05) is 18.2 Å². The van der Waals surface area contributed by atoms with Gasteiger partial charge in [0.25, 0.3) is 0 Å². The van der Waals surface area contributed by atoms with Crippen molar-refractivity contribution in [2.24, 2.45) is 7.05 Å². The van der Waals surface area contributed by atoms with Crippen LogP contribution in [0, 0.1) is 18.6 Å². The molecule has 0 atom stereocenters. The molecule has 0 aliphatic rings. The lowest BCUT2D eigenvalue weighted by Crippen LogP contribution is -2.05. The predicted octanol–water partition coefficient (Wildman–Crippen LogP) is 4.04. The minimum Gasteiger partial charge on any atom is -0.305 e. The molecule has 0 aliphatic heterocycles. The van der Waals surface area contributed by atoms with E-state index in [1.165, 1.54) is 17.8 Å². The molecule has 0 fully saturated rings. The van der Waals surface area contributed by atoms with Crippen LogP contribution in [-0.4, -0.2) is 26.3 Å². The average Bonchev–Trinajstić information content (AvgIpc) is 2.96. The maximum atomic E-state index is 13.2. The third-order valence-corrected chi connectivity index (χ3v) is 4.71. The summed E-state index contributed by atoms with van der Waals surface area (Å²) in [5.41, 5.74) is 2.18. The largest absolute Gasteiger partial charge is 0.305 e. The molecule has 0 spiro atoms. The van der Waals surface area contributed by atoms with Crippen LogP contribution in [0.2, 0.25) is 0 Å². The molecule has 0 bridgehead atoms. The molecule has 128 valence electrons. The molecule has 7 heteroatoms. The summed E-state index contributed by atoms with van der Waals surface area (Å²) in [6, 6.07) is 11.0. The molecule has 0 saturated carbocycles. The van der Waals surface area contributed by atoms with Crippen molar-refractivity contribution in [1.29, 1.82) is 0 Å². The number of nitrogens with zero attached hydrogens (tertiary/aromatic N) is 3. The Balaban J connectivity index is 1.74. The minimum atomic E-state index is -1.03. The number of aryl methyl sites for hydroxylation is 1. The van der Waals surface area contributed by atoms with E-state index in [0.29, 0.717) is 11.0 Å². The van der Waals surface area contributed by atoms with Crippen LogP contribution in [-0.2, 0) is 7.05 Å². The average molecular weight is 359 g/mol. The highest BCUT2D eigenvalue weighted by Gasteiger charge is 2.15. The van der Waals surface area contributed by atoms with E-state index >= 15 is 0 Å². The molecule has 1 aromatic heterocycles. The normalized spacial score (nSPS) is 10.9. The second kappa shape index (κ2) is 7.14. The lowest BCUT2D eigenvalue weighted by molar-refractivity contribution is 0.102. The van der Waals surface area contributed by atoms with Gasteiger partial charge in [0.2, 0.25) is 0 Å². The van der Waals surface area contributed by atoms with E-state index in [4.69, 9.17) is 0 Å². The molecule has 0 N–H and O–H groups in total. The van der Waals surface area contributed by atoms with Crippen molar-refractivity contribution in [2.45, 2.75) is 12.1 Å². The quantitative estimate of drug-likeness (QED) is 0.509. The molecule has 0 radical (unpaired) electrons. The van der Waals surface area contributed by atoms with Crippen LogP contribution < -0.4 is 0 Å². The zero-order valence-electron chi connectivity index (χ0n) is 13.7. The van der Waals surface area contributed by atoms with Crippen molar-refractivity contribution in [3.05, 3.63) is 65.2 Å². The van der Waals surface area contributed by atoms with E-state index in [-0.39, 0.29) is 17.1 Å². The Morgan fingerprint density at radius 2 is 1.92 bits per heavy atom. The maximum absolute atomic E-state index is 13.2. The molecule has 0 saturated heterocycles. The summed E-state index contributed by atoms with van der Waals surface area (Å²) in [4.78, 5) is 12.1. The number of thioether (sulfide) groups is 1. The topological polar surface area (TPSA) is 47.8 Å². The molecule has 1 heterocycles. The number of benzene rings is 2. The van der Waals surface area contributed by atoms with Crippen LogP contribution in [0.5, 0.6) is 0 Å². The van der Waals surface area contributed by atoms with Crippen molar-refractivity contribution in [2.75, 3.05) is 5.75 Å². The highest BCUT2D eigenvalue weighted by molar-refractivity contribution is 7.99. The molecule has 0 amide bonds. The number of hydrogen-bond donors (Lipinski definition) is 0. The number of halogens is 2. The molecule has 4 nitrogen and oxygen atoms in total. The molecule has 3 rings (SSSR count). The van der Waals surface area contributed by atoms with Crippen LogP contribution in [0.15, 0.2) is 47.6 Å². The van der Waals surface area contributed by atoms with Crippen LogP contribution >= 0.6 is 11.8 Å². The standard InChI is InChI=1S/C18H15F2N3OS/c1-11-4-3-5-13(8-11)17-21-22-18(23(17)2)25-10-16(24)12-6-7-14(19)15(20)9-12/h3-9H,10H2,1-2H3. The first-order valence-corrected chi connectivity index (χ1v) is 8.52. The smallest absolute Gasteiger partial charge is 0.191 e. The summed E-state index contributed by atoms with van der Waals surface area (Å²) in [6.45, 7) is 2.00. The Bertz CT molecular complexity index is 940. The third kappa shape index (κ3) is 3.76. The molecule has 3 aromatic rings. The number of aromatic nitrogens is 3. The van der Waals surface area contributed by atoms with Gasteiger partial charge in [-0.2, -0.15) is 0 Å². The van der Waals surface area contributed by atoms with Crippen molar-refractivity contribution in [3.63, 3.8) is 0 Å². The Morgan fingerprint density at radius 1 is 1.12 bits per heavy atom. The van der Waals surface area contributed by atoms with Crippen molar-refractivity contribution < 1.29 is 13.6 Å². The van der Waals surface area contributed by atoms with Gasteiger partial charge in [-0.25, -0.2) is 8.78 Å². The summed E-state index contributed by atoms with van der Waals surface area (Å²) in [6.07, 6.45) is 0. The molecule has 0 unspecified atom stereocenters. The third-order valence-electron chi connectivity index (χ3n) is 3.69. The van der Waals surface area contributed by atoms with Gasteiger partial charge in [0.1, 0.15) is 0 Å². The van der Waals surface area contributed by atoms with E-state index < -0.39 is 11.6 Å². The summed E-state index contributed by atoms with van der Waals surface area (Å²) in [7, 11) is 1.82. The first kappa shape index (κ1) is 17.3. The fraction of sp³-hybridized carbons (Fsp3) is 0.167. The fourth-order valence-electron chi connectivity index (χ4n) is 2.36. The Kier molecular flexibility index (Phi) is 4.94. The first-order valence-electron chi connectivity index (χ1n) is 7.53. The summed E-state index contributed by atoms with van der Waals surface area (Å²) in [5.74, 6) is -1.54. The first-order chi connectivity index (χ1) is 12.0. The zero-order valence-corrected chi connectivity index (χ0v) is 14.5. The number of rotatable bonds is 5. The van der Waals surface area contributed by atoms with Gasteiger partial charge in [0.05, 0.1) is 5.75 Å². The van der Waals surface area contributed by atoms with Crippen molar-refractivity contribution >= 4 is 17.5 Å². The minimum absolute atomic E-state index is 0.0604. The number of carbonyl (C=O) groups excluding carboxylic acids is 1. The van der Waals surface area contributed by atoms with Gasteiger partial charge in [0.15, 0.2) is 28.4 Å².